The molecule has 1 amide bonds. The van der Waals surface area contributed by atoms with E-state index in [1.807, 2.05) is 48.5 Å². The quantitative estimate of drug-likeness (QED) is 0.217. The topological polar surface area (TPSA) is 117 Å². The monoisotopic (exact) mass is 508 g/mol. The lowest BCUT2D eigenvalue weighted by Crippen LogP contribution is -2.20. The van der Waals surface area contributed by atoms with E-state index in [1.165, 1.54) is 13.3 Å². The highest BCUT2D eigenvalue weighted by Gasteiger charge is 2.23. The number of rotatable bonds is 7. The molecule has 4 rings (SSSR count). The van der Waals surface area contributed by atoms with Crippen molar-refractivity contribution in [3.05, 3.63) is 71.0 Å². The average Bonchev–Trinajstić information content (AvgIpc) is 2.86. The molecule has 9 heteroatoms. The highest BCUT2D eigenvalue weighted by molar-refractivity contribution is 9.10. The summed E-state index contributed by atoms with van der Waals surface area (Å²) >= 11 is 3.44. The molecular formula is C24H21BrN4O4. The zero-order chi connectivity index (χ0) is 23.4. The fraction of sp³-hybridized carbons (Fsp3) is 0.125. The minimum absolute atomic E-state index is 0.0737. The van der Waals surface area contributed by atoms with Gasteiger partial charge in [0, 0.05) is 35.6 Å². The molecule has 0 aliphatic carbocycles. The number of benzene rings is 2. The van der Waals surface area contributed by atoms with Gasteiger partial charge in [0.15, 0.2) is 5.75 Å². The Balaban J connectivity index is 1.77. The highest BCUT2D eigenvalue weighted by atomic mass is 79.9. The lowest BCUT2D eigenvalue weighted by molar-refractivity contribution is 0.0705. The smallest absolute Gasteiger partial charge is 0.279 e. The Morgan fingerprint density at radius 1 is 1.03 bits per heavy atom. The van der Waals surface area contributed by atoms with Crippen molar-refractivity contribution in [1.29, 1.82) is 0 Å². The number of aliphatic hydroxyl groups is 1. The van der Waals surface area contributed by atoms with E-state index in [1.54, 1.807) is 11.7 Å². The van der Waals surface area contributed by atoms with Crippen molar-refractivity contribution in [2.45, 2.75) is 0 Å². The molecule has 2 heterocycles. The number of ether oxygens (including phenoxy) is 1. The Bertz CT molecular complexity index is 1290. The second kappa shape index (κ2) is 9.95. The summed E-state index contributed by atoms with van der Waals surface area (Å²) in [5.41, 5.74) is 6.53. The standard InChI is InChI=1S/C24H21BrN4O4/c1-33-23-20(24(31)29-32)18-12-26-13-19(25)22(18)28-21(23)16-4-2-14(3-5-16)15-6-8-17(9-7-15)27-10-11-30/h2-9,12-13,27,30,32H,10-11H2,1H3,(H,29,31). The molecule has 0 bridgehead atoms. The maximum absolute atomic E-state index is 12.5. The first-order chi connectivity index (χ1) is 16.1. The van der Waals surface area contributed by atoms with Crippen LogP contribution < -0.4 is 15.5 Å². The summed E-state index contributed by atoms with van der Waals surface area (Å²) < 4.78 is 6.17. The lowest BCUT2D eigenvalue weighted by atomic mass is 9.99. The van der Waals surface area contributed by atoms with Crippen LogP contribution in [0.3, 0.4) is 0 Å². The van der Waals surface area contributed by atoms with E-state index >= 15 is 0 Å². The molecule has 0 saturated heterocycles. The van der Waals surface area contributed by atoms with E-state index in [4.69, 9.17) is 14.8 Å². The van der Waals surface area contributed by atoms with Crippen molar-refractivity contribution in [1.82, 2.24) is 15.4 Å². The summed E-state index contributed by atoms with van der Waals surface area (Å²) in [4.78, 5) is 21.4. The number of aromatic nitrogens is 2. The fourth-order valence-corrected chi connectivity index (χ4v) is 4.03. The maximum Gasteiger partial charge on any atom is 0.279 e. The Kier molecular flexibility index (Phi) is 6.83. The summed E-state index contributed by atoms with van der Waals surface area (Å²) in [7, 11) is 1.45. The zero-order valence-corrected chi connectivity index (χ0v) is 19.3. The van der Waals surface area contributed by atoms with Crippen LogP contribution >= 0.6 is 15.9 Å². The summed E-state index contributed by atoms with van der Waals surface area (Å²) in [6.07, 6.45) is 3.10. The number of carbonyl (C=O) groups excluding carboxylic acids is 1. The number of amides is 1. The van der Waals surface area contributed by atoms with E-state index in [0.717, 1.165) is 22.4 Å². The van der Waals surface area contributed by atoms with Gasteiger partial charge in [0.05, 0.1) is 29.3 Å². The number of hydrogen-bond donors (Lipinski definition) is 4. The molecule has 0 atom stereocenters. The molecule has 0 fully saturated rings. The number of hydroxylamine groups is 1. The number of pyridine rings is 2. The van der Waals surface area contributed by atoms with Gasteiger partial charge in [-0.25, -0.2) is 10.5 Å². The molecule has 168 valence electrons. The van der Waals surface area contributed by atoms with Crippen molar-refractivity contribution in [3.63, 3.8) is 0 Å². The number of fused-ring (bicyclic) bond motifs is 1. The molecule has 0 spiro atoms. The predicted molar refractivity (Wildman–Crippen MR) is 129 cm³/mol. The van der Waals surface area contributed by atoms with E-state index in [2.05, 4.69) is 26.2 Å². The lowest BCUT2D eigenvalue weighted by Gasteiger charge is -2.15. The molecule has 33 heavy (non-hydrogen) atoms. The van der Waals surface area contributed by atoms with Gasteiger partial charge in [-0.3, -0.25) is 15.0 Å². The van der Waals surface area contributed by atoms with Gasteiger partial charge in [0.25, 0.3) is 5.91 Å². The minimum Gasteiger partial charge on any atom is -0.494 e. The molecule has 8 nitrogen and oxygen atoms in total. The van der Waals surface area contributed by atoms with Crippen LogP contribution in [0.1, 0.15) is 10.4 Å². The molecule has 2 aromatic carbocycles. The van der Waals surface area contributed by atoms with Gasteiger partial charge in [-0.05, 0) is 39.2 Å². The molecule has 0 aliphatic heterocycles. The Morgan fingerprint density at radius 2 is 1.67 bits per heavy atom. The van der Waals surface area contributed by atoms with Crippen LogP contribution in [-0.2, 0) is 0 Å². The number of aliphatic hydroxyl groups excluding tert-OH is 1. The number of anilines is 1. The van der Waals surface area contributed by atoms with Gasteiger partial charge in [-0.2, -0.15) is 0 Å². The number of nitrogens with zero attached hydrogens (tertiary/aromatic N) is 2. The molecular weight excluding hydrogens is 488 g/mol. The number of halogens is 1. The first-order valence-corrected chi connectivity index (χ1v) is 10.9. The Hall–Kier alpha value is -3.53. The predicted octanol–water partition coefficient (Wildman–Crippen LogP) is 4.26. The van der Waals surface area contributed by atoms with Crippen molar-refractivity contribution < 1.29 is 19.8 Å². The summed E-state index contributed by atoms with van der Waals surface area (Å²) in [5.74, 6) is -0.479. The van der Waals surface area contributed by atoms with Crippen molar-refractivity contribution >= 4 is 38.4 Å². The van der Waals surface area contributed by atoms with Crippen LogP contribution in [0.15, 0.2) is 65.4 Å². The Labute approximate surface area is 198 Å². The number of hydrogen-bond acceptors (Lipinski definition) is 7. The van der Waals surface area contributed by atoms with Crippen LogP contribution in [-0.4, -0.2) is 46.5 Å². The molecule has 4 aromatic rings. The molecule has 4 N–H and O–H groups in total. The number of methoxy groups -OCH3 is 1. The average molecular weight is 509 g/mol. The molecule has 0 aliphatic rings. The highest BCUT2D eigenvalue weighted by Crippen LogP contribution is 2.38. The van der Waals surface area contributed by atoms with Crippen molar-refractivity contribution in [2.24, 2.45) is 0 Å². The van der Waals surface area contributed by atoms with Gasteiger partial charge < -0.3 is 15.2 Å². The largest absolute Gasteiger partial charge is 0.494 e. The summed E-state index contributed by atoms with van der Waals surface area (Å²) in [6, 6.07) is 15.6. The van der Waals surface area contributed by atoms with Gasteiger partial charge in [-0.1, -0.05) is 36.4 Å². The van der Waals surface area contributed by atoms with Crippen LogP contribution in [0.25, 0.3) is 33.3 Å². The van der Waals surface area contributed by atoms with Gasteiger partial charge in [0.2, 0.25) is 0 Å². The minimum atomic E-state index is -0.716. The zero-order valence-electron chi connectivity index (χ0n) is 17.7. The van der Waals surface area contributed by atoms with E-state index in [9.17, 15) is 10.0 Å². The fourth-order valence-electron chi connectivity index (χ4n) is 3.61. The van der Waals surface area contributed by atoms with E-state index < -0.39 is 5.91 Å². The molecule has 0 radical (unpaired) electrons. The van der Waals surface area contributed by atoms with E-state index in [0.29, 0.717) is 27.6 Å². The summed E-state index contributed by atoms with van der Waals surface area (Å²) in [5, 5.41) is 21.8. The van der Waals surface area contributed by atoms with Gasteiger partial charge >= 0.3 is 0 Å². The van der Waals surface area contributed by atoms with Crippen LogP contribution in [0.4, 0.5) is 5.69 Å². The molecule has 2 aromatic heterocycles. The normalized spacial score (nSPS) is 10.8. The first-order valence-electron chi connectivity index (χ1n) is 10.1. The molecule has 0 unspecified atom stereocenters. The third-order valence-electron chi connectivity index (χ3n) is 5.16. The third kappa shape index (κ3) is 4.51. The SMILES string of the molecule is COc1c(-c2ccc(-c3ccc(NCCO)cc3)cc2)nc2c(Br)cncc2c1C(=O)NO. The van der Waals surface area contributed by atoms with E-state index in [-0.39, 0.29) is 17.9 Å². The summed E-state index contributed by atoms with van der Waals surface area (Å²) in [6.45, 7) is 0.571. The second-order valence-corrected chi connectivity index (χ2v) is 7.99. The Morgan fingerprint density at radius 3 is 2.27 bits per heavy atom. The van der Waals surface area contributed by atoms with Crippen LogP contribution in [0, 0.1) is 0 Å². The first kappa shape index (κ1) is 22.7. The van der Waals surface area contributed by atoms with Gasteiger partial charge in [0.1, 0.15) is 5.69 Å². The second-order valence-electron chi connectivity index (χ2n) is 7.13. The van der Waals surface area contributed by atoms with Gasteiger partial charge in [-0.15, -0.1) is 0 Å². The molecule has 0 saturated carbocycles. The van der Waals surface area contributed by atoms with Crippen LogP contribution in [0.5, 0.6) is 5.75 Å². The maximum atomic E-state index is 12.5. The van der Waals surface area contributed by atoms with Crippen LogP contribution in [0.2, 0.25) is 0 Å². The number of carbonyl (C=O) groups is 1. The van der Waals surface area contributed by atoms with Crippen molar-refractivity contribution in [3.8, 4) is 28.1 Å². The third-order valence-corrected chi connectivity index (χ3v) is 5.74. The number of nitrogens with one attached hydrogen (secondary N) is 2. The van der Waals surface area contributed by atoms with Crippen molar-refractivity contribution in [2.75, 3.05) is 25.6 Å².